The summed E-state index contributed by atoms with van der Waals surface area (Å²) in [5.74, 6) is 1.95. The maximum atomic E-state index is 6.38. The van der Waals surface area contributed by atoms with Gasteiger partial charge in [0.15, 0.2) is 5.65 Å². The van der Waals surface area contributed by atoms with E-state index in [-0.39, 0.29) is 0 Å². The van der Waals surface area contributed by atoms with Gasteiger partial charge in [-0.2, -0.15) is 5.10 Å². The molecule has 36 heavy (non-hydrogen) atoms. The monoisotopic (exact) mass is 487 g/mol. The number of H-pyrrole nitrogens is 1. The van der Waals surface area contributed by atoms with Crippen LogP contribution in [0.1, 0.15) is 56.6 Å². The van der Waals surface area contributed by atoms with Gasteiger partial charge in [0.05, 0.1) is 12.3 Å². The van der Waals surface area contributed by atoms with Gasteiger partial charge < -0.3 is 19.4 Å². The molecule has 2 aliphatic heterocycles. The summed E-state index contributed by atoms with van der Waals surface area (Å²) in [5.41, 5.74) is 6.75. The lowest BCUT2D eigenvalue weighted by Gasteiger charge is -2.39. The average molecular weight is 488 g/mol. The molecule has 2 aliphatic rings. The third-order valence-electron chi connectivity index (χ3n) is 8.08. The molecule has 2 saturated heterocycles. The van der Waals surface area contributed by atoms with Crippen molar-refractivity contribution in [2.75, 3.05) is 32.9 Å². The van der Waals surface area contributed by atoms with Gasteiger partial charge in [-0.25, -0.2) is 9.50 Å². The number of hydrogen-bond acceptors (Lipinski definition) is 5. The second-order valence-corrected chi connectivity index (χ2v) is 10.8. The van der Waals surface area contributed by atoms with Crippen LogP contribution in [-0.2, 0) is 4.74 Å². The summed E-state index contributed by atoms with van der Waals surface area (Å²) in [7, 11) is 0. The number of rotatable bonds is 6. The highest BCUT2D eigenvalue weighted by atomic mass is 16.5. The Morgan fingerprint density at radius 1 is 1.11 bits per heavy atom. The summed E-state index contributed by atoms with van der Waals surface area (Å²) >= 11 is 0. The van der Waals surface area contributed by atoms with Gasteiger partial charge in [-0.05, 0) is 92.9 Å². The molecule has 0 radical (unpaired) electrons. The van der Waals surface area contributed by atoms with E-state index in [0.29, 0.717) is 17.9 Å². The smallest absolute Gasteiger partial charge is 0.158 e. The van der Waals surface area contributed by atoms with Crippen molar-refractivity contribution in [1.82, 2.24) is 24.5 Å². The van der Waals surface area contributed by atoms with E-state index in [0.717, 1.165) is 53.6 Å². The molecule has 190 valence electrons. The van der Waals surface area contributed by atoms with Crippen molar-refractivity contribution in [2.45, 2.75) is 58.4 Å². The first-order chi connectivity index (χ1) is 17.6. The topological polar surface area (TPSA) is 67.7 Å². The van der Waals surface area contributed by atoms with Crippen molar-refractivity contribution in [3.63, 3.8) is 0 Å². The number of piperidine rings is 1. The minimum Gasteiger partial charge on any atom is -0.493 e. The van der Waals surface area contributed by atoms with Crippen molar-refractivity contribution in [3.05, 3.63) is 47.9 Å². The Labute approximate surface area is 212 Å². The molecule has 5 heterocycles. The fourth-order valence-electron chi connectivity index (χ4n) is 6.09. The van der Waals surface area contributed by atoms with Gasteiger partial charge in [0, 0.05) is 41.9 Å². The summed E-state index contributed by atoms with van der Waals surface area (Å²) in [6.07, 6.45) is 8.48. The third kappa shape index (κ3) is 4.50. The largest absolute Gasteiger partial charge is 0.493 e. The van der Waals surface area contributed by atoms with Gasteiger partial charge in [-0.15, -0.1) is 0 Å². The third-order valence-corrected chi connectivity index (χ3v) is 8.08. The lowest BCUT2D eigenvalue weighted by atomic mass is 9.95. The zero-order valence-electron chi connectivity index (χ0n) is 21.7. The highest BCUT2D eigenvalue weighted by molar-refractivity contribution is 5.92. The number of ether oxygens (including phenoxy) is 2. The molecule has 0 spiro atoms. The Morgan fingerprint density at radius 2 is 1.92 bits per heavy atom. The molecule has 3 aromatic heterocycles. The Balaban J connectivity index is 1.19. The molecule has 6 rings (SSSR count). The van der Waals surface area contributed by atoms with Crippen LogP contribution in [0.5, 0.6) is 5.75 Å². The predicted molar refractivity (Wildman–Crippen MR) is 143 cm³/mol. The molecule has 1 aromatic carbocycles. The molecule has 2 fully saturated rings. The summed E-state index contributed by atoms with van der Waals surface area (Å²) < 4.78 is 13.8. The highest BCUT2D eigenvalue weighted by Crippen LogP contribution is 2.37. The summed E-state index contributed by atoms with van der Waals surface area (Å²) in [6, 6.07) is 9.41. The number of benzene rings is 1. The number of hydrogen-bond donors (Lipinski definition) is 1. The summed E-state index contributed by atoms with van der Waals surface area (Å²) in [6.45, 7) is 11.6. The maximum absolute atomic E-state index is 6.38. The van der Waals surface area contributed by atoms with Crippen molar-refractivity contribution in [3.8, 4) is 17.0 Å². The van der Waals surface area contributed by atoms with Gasteiger partial charge in [-0.3, -0.25) is 0 Å². The molecule has 7 nitrogen and oxygen atoms in total. The van der Waals surface area contributed by atoms with E-state index >= 15 is 0 Å². The first kappa shape index (κ1) is 23.5. The number of nitrogens with one attached hydrogen (secondary N) is 1. The van der Waals surface area contributed by atoms with Crippen molar-refractivity contribution in [1.29, 1.82) is 0 Å². The molecule has 4 aromatic rings. The minimum atomic E-state index is 0.366. The molecular formula is C29H37N5O2. The number of aromatic amines is 1. The zero-order chi connectivity index (χ0) is 24.6. The van der Waals surface area contributed by atoms with Gasteiger partial charge in [-0.1, -0.05) is 13.8 Å². The SMILES string of the molecule is Cc1cc(-c2[nH]c3ccc(OCC4CCN(C5CCOCC5)CC4)cc3c2C(C)C)cn2ncnc12. The Bertz CT molecular complexity index is 1340. The minimum absolute atomic E-state index is 0.366. The second kappa shape index (κ2) is 9.87. The number of likely N-dealkylation sites (tertiary alicyclic amines) is 1. The number of aryl methyl sites for hydroxylation is 1. The molecule has 1 N–H and O–H groups in total. The highest BCUT2D eigenvalue weighted by Gasteiger charge is 2.27. The summed E-state index contributed by atoms with van der Waals surface area (Å²) in [4.78, 5) is 10.7. The van der Waals surface area contributed by atoms with Crippen LogP contribution >= 0.6 is 0 Å². The van der Waals surface area contributed by atoms with Crippen LogP contribution in [0.2, 0.25) is 0 Å². The van der Waals surface area contributed by atoms with E-state index in [1.165, 1.54) is 49.7 Å². The van der Waals surface area contributed by atoms with Crippen LogP contribution in [0, 0.1) is 12.8 Å². The quantitative estimate of drug-likeness (QED) is 0.385. The first-order valence-electron chi connectivity index (χ1n) is 13.5. The van der Waals surface area contributed by atoms with Gasteiger partial charge in [0.2, 0.25) is 0 Å². The number of fused-ring (bicyclic) bond motifs is 2. The van der Waals surface area contributed by atoms with E-state index in [1.54, 1.807) is 6.33 Å². The van der Waals surface area contributed by atoms with Crippen LogP contribution in [0.25, 0.3) is 27.8 Å². The molecule has 0 saturated carbocycles. The fraction of sp³-hybridized carbons (Fsp3) is 0.517. The molecule has 7 heteroatoms. The van der Waals surface area contributed by atoms with Crippen molar-refractivity contribution >= 4 is 16.6 Å². The van der Waals surface area contributed by atoms with E-state index in [1.807, 2.05) is 4.52 Å². The van der Waals surface area contributed by atoms with Crippen molar-refractivity contribution in [2.24, 2.45) is 5.92 Å². The van der Waals surface area contributed by atoms with Crippen molar-refractivity contribution < 1.29 is 9.47 Å². The zero-order valence-corrected chi connectivity index (χ0v) is 21.7. The predicted octanol–water partition coefficient (Wildman–Crippen LogP) is 5.58. The van der Waals surface area contributed by atoms with E-state index in [4.69, 9.17) is 9.47 Å². The first-order valence-corrected chi connectivity index (χ1v) is 13.5. The van der Waals surface area contributed by atoms with Crippen LogP contribution in [-0.4, -0.2) is 63.4 Å². The molecule has 0 atom stereocenters. The number of aromatic nitrogens is 4. The van der Waals surface area contributed by atoms with E-state index in [2.05, 4.69) is 71.2 Å². The van der Waals surface area contributed by atoms with Crippen LogP contribution < -0.4 is 4.74 Å². The normalized spacial score (nSPS) is 18.6. The number of pyridine rings is 1. The summed E-state index contributed by atoms with van der Waals surface area (Å²) in [5, 5.41) is 5.61. The van der Waals surface area contributed by atoms with Crippen LogP contribution in [0.3, 0.4) is 0 Å². The molecule has 0 aliphatic carbocycles. The molecule has 0 unspecified atom stereocenters. The Kier molecular flexibility index (Phi) is 6.44. The average Bonchev–Trinajstić information content (AvgIpc) is 3.53. The van der Waals surface area contributed by atoms with Crippen LogP contribution in [0.4, 0.5) is 0 Å². The second-order valence-electron chi connectivity index (χ2n) is 10.8. The molecule has 0 amide bonds. The Hall–Kier alpha value is -2.90. The number of nitrogens with zero attached hydrogens (tertiary/aromatic N) is 4. The van der Waals surface area contributed by atoms with Gasteiger partial charge >= 0.3 is 0 Å². The molecular weight excluding hydrogens is 450 g/mol. The lowest BCUT2D eigenvalue weighted by molar-refractivity contribution is 0.0175. The standard InChI is InChI=1S/C29H37N5O2/c1-19(2)27-25-15-24(36-17-21-6-10-33(11-7-21)23-8-12-35-13-9-23)4-5-26(25)32-28(27)22-14-20(3)29-30-18-31-34(29)16-22/h4-5,14-16,18-19,21,23,32H,6-13,17H2,1-3H3. The fourth-order valence-corrected chi connectivity index (χ4v) is 6.09. The van der Waals surface area contributed by atoms with Gasteiger partial charge in [0.1, 0.15) is 12.1 Å². The molecule has 0 bridgehead atoms. The van der Waals surface area contributed by atoms with E-state index < -0.39 is 0 Å². The van der Waals surface area contributed by atoms with E-state index in [9.17, 15) is 0 Å². The lowest BCUT2D eigenvalue weighted by Crippen LogP contribution is -2.44. The maximum Gasteiger partial charge on any atom is 0.158 e. The van der Waals surface area contributed by atoms with Gasteiger partial charge in [0.25, 0.3) is 0 Å². The van der Waals surface area contributed by atoms with Crippen LogP contribution in [0.15, 0.2) is 36.8 Å². The Morgan fingerprint density at radius 3 is 2.69 bits per heavy atom.